The van der Waals surface area contributed by atoms with Gasteiger partial charge in [0.25, 0.3) is 5.91 Å². The van der Waals surface area contributed by atoms with Gasteiger partial charge in [0, 0.05) is 17.3 Å². The normalized spacial score (nSPS) is 11.9. The molecular weight excluding hydrogens is 260 g/mol. The topological polar surface area (TPSA) is 42.0 Å². The Balaban J connectivity index is 1.92. The smallest absolute Gasteiger partial charge is 0.270 e. The third kappa shape index (κ3) is 4.07. The fraction of sp³-hybridized carbons (Fsp3) is 0.200. The predicted octanol–water partition coefficient (Wildman–Crippen LogP) is 3.10. The molecule has 0 saturated carbocycles. The minimum atomic E-state index is -0.151. The maximum atomic E-state index is 11.9. The number of carbonyl (C=O) groups excluding carboxylic acids is 1. The van der Waals surface area contributed by atoms with Crippen molar-refractivity contribution in [2.75, 3.05) is 0 Å². The van der Waals surface area contributed by atoms with E-state index in [1.807, 2.05) is 31.2 Å². The minimum absolute atomic E-state index is 0.0377. The van der Waals surface area contributed by atoms with Gasteiger partial charge in [0.1, 0.15) is 5.69 Å². The van der Waals surface area contributed by atoms with Gasteiger partial charge in [-0.05, 0) is 43.2 Å². The molecule has 1 heterocycles. The van der Waals surface area contributed by atoms with E-state index in [-0.39, 0.29) is 11.9 Å². The number of hydrogen-bond acceptors (Lipinski definition) is 2. The summed E-state index contributed by atoms with van der Waals surface area (Å²) >= 11 is 5.83. The van der Waals surface area contributed by atoms with Gasteiger partial charge in [-0.3, -0.25) is 9.78 Å². The average Bonchev–Trinajstić information content (AvgIpc) is 2.42. The molecular formula is C15H15ClN2O. The Hall–Kier alpha value is -1.87. The first-order chi connectivity index (χ1) is 9.15. The lowest BCUT2D eigenvalue weighted by Gasteiger charge is -2.13. The van der Waals surface area contributed by atoms with Crippen molar-refractivity contribution in [2.24, 2.45) is 0 Å². The number of nitrogens with one attached hydrogen (secondary N) is 1. The fourth-order valence-electron chi connectivity index (χ4n) is 1.82. The standard InChI is InChI=1S/C15H15ClN2O/c1-11(10-12-5-7-13(16)8-6-12)18-15(19)14-4-2-3-9-17-14/h2-9,11H,10H2,1H3,(H,18,19). The summed E-state index contributed by atoms with van der Waals surface area (Å²) in [7, 11) is 0. The molecule has 0 bridgehead atoms. The van der Waals surface area contributed by atoms with Gasteiger partial charge in [-0.15, -0.1) is 0 Å². The summed E-state index contributed by atoms with van der Waals surface area (Å²) in [5, 5.41) is 3.64. The van der Waals surface area contributed by atoms with E-state index in [4.69, 9.17) is 11.6 Å². The van der Waals surface area contributed by atoms with Crippen molar-refractivity contribution in [3.63, 3.8) is 0 Å². The van der Waals surface area contributed by atoms with Gasteiger partial charge >= 0.3 is 0 Å². The molecule has 0 saturated heterocycles. The second kappa shape index (κ2) is 6.34. The number of pyridine rings is 1. The largest absolute Gasteiger partial charge is 0.348 e. The second-order valence-corrected chi connectivity index (χ2v) is 4.86. The summed E-state index contributed by atoms with van der Waals surface area (Å²) in [5.74, 6) is -0.151. The van der Waals surface area contributed by atoms with E-state index < -0.39 is 0 Å². The maximum absolute atomic E-state index is 11.9. The van der Waals surface area contributed by atoms with E-state index >= 15 is 0 Å². The summed E-state index contributed by atoms with van der Waals surface area (Å²) in [6.07, 6.45) is 2.37. The zero-order valence-electron chi connectivity index (χ0n) is 10.6. The van der Waals surface area contributed by atoms with Gasteiger partial charge < -0.3 is 5.32 Å². The van der Waals surface area contributed by atoms with E-state index in [9.17, 15) is 4.79 Å². The predicted molar refractivity (Wildman–Crippen MR) is 76.3 cm³/mol. The van der Waals surface area contributed by atoms with Crippen LogP contribution in [0.5, 0.6) is 0 Å². The van der Waals surface area contributed by atoms with Crippen LogP contribution in [0.1, 0.15) is 23.0 Å². The Morgan fingerprint density at radius 2 is 2.00 bits per heavy atom. The van der Waals surface area contributed by atoms with Crippen molar-refractivity contribution in [1.82, 2.24) is 10.3 Å². The molecule has 1 aromatic carbocycles. The van der Waals surface area contributed by atoms with E-state index in [0.29, 0.717) is 10.7 Å². The molecule has 1 unspecified atom stereocenters. The van der Waals surface area contributed by atoms with E-state index in [1.54, 1.807) is 24.4 Å². The van der Waals surface area contributed by atoms with Crippen molar-refractivity contribution in [1.29, 1.82) is 0 Å². The molecule has 1 atom stereocenters. The van der Waals surface area contributed by atoms with Gasteiger partial charge in [-0.25, -0.2) is 0 Å². The summed E-state index contributed by atoms with van der Waals surface area (Å²) in [5.41, 5.74) is 1.57. The van der Waals surface area contributed by atoms with E-state index in [2.05, 4.69) is 10.3 Å². The third-order valence-electron chi connectivity index (χ3n) is 2.73. The van der Waals surface area contributed by atoms with E-state index in [0.717, 1.165) is 12.0 Å². The first-order valence-corrected chi connectivity index (χ1v) is 6.49. The molecule has 3 nitrogen and oxygen atoms in total. The van der Waals surface area contributed by atoms with Crippen LogP contribution < -0.4 is 5.32 Å². The molecule has 19 heavy (non-hydrogen) atoms. The highest BCUT2D eigenvalue weighted by Crippen LogP contribution is 2.11. The molecule has 0 aliphatic heterocycles. The first-order valence-electron chi connectivity index (χ1n) is 6.11. The number of carbonyl (C=O) groups is 1. The Bertz CT molecular complexity index is 540. The highest BCUT2D eigenvalue weighted by Gasteiger charge is 2.10. The Morgan fingerprint density at radius 3 is 2.63 bits per heavy atom. The lowest BCUT2D eigenvalue weighted by Crippen LogP contribution is -2.34. The van der Waals surface area contributed by atoms with Crippen LogP contribution in [0, 0.1) is 0 Å². The quantitative estimate of drug-likeness (QED) is 0.931. The van der Waals surface area contributed by atoms with Crippen molar-refractivity contribution in [2.45, 2.75) is 19.4 Å². The average molecular weight is 275 g/mol. The van der Waals surface area contributed by atoms with Crippen molar-refractivity contribution in [3.05, 3.63) is 64.9 Å². The number of benzene rings is 1. The molecule has 2 aromatic rings. The van der Waals surface area contributed by atoms with Crippen LogP contribution >= 0.6 is 11.6 Å². The summed E-state index contributed by atoms with van der Waals surface area (Å²) in [4.78, 5) is 15.9. The van der Waals surface area contributed by atoms with E-state index in [1.165, 1.54) is 0 Å². The molecule has 0 aliphatic carbocycles. The highest BCUT2D eigenvalue weighted by atomic mass is 35.5. The molecule has 0 spiro atoms. The number of rotatable bonds is 4. The van der Waals surface area contributed by atoms with Crippen LogP contribution in [0.2, 0.25) is 5.02 Å². The van der Waals surface area contributed by atoms with Gasteiger partial charge in [0.2, 0.25) is 0 Å². The number of halogens is 1. The van der Waals surface area contributed by atoms with Crippen molar-refractivity contribution < 1.29 is 4.79 Å². The summed E-state index contributed by atoms with van der Waals surface area (Å²) < 4.78 is 0. The highest BCUT2D eigenvalue weighted by molar-refractivity contribution is 6.30. The number of amides is 1. The zero-order chi connectivity index (χ0) is 13.7. The van der Waals surface area contributed by atoms with Crippen LogP contribution in [0.25, 0.3) is 0 Å². The Morgan fingerprint density at radius 1 is 1.26 bits per heavy atom. The van der Waals surface area contributed by atoms with Crippen LogP contribution in [-0.4, -0.2) is 16.9 Å². The Labute approximate surface area is 117 Å². The van der Waals surface area contributed by atoms with Gasteiger partial charge in [0.15, 0.2) is 0 Å². The minimum Gasteiger partial charge on any atom is -0.348 e. The van der Waals surface area contributed by atoms with Crippen LogP contribution in [0.15, 0.2) is 48.7 Å². The number of nitrogens with zero attached hydrogens (tertiary/aromatic N) is 1. The molecule has 0 fully saturated rings. The lowest BCUT2D eigenvalue weighted by molar-refractivity contribution is 0.0935. The molecule has 1 amide bonds. The summed E-state index contributed by atoms with van der Waals surface area (Å²) in [6.45, 7) is 1.97. The van der Waals surface area contributed by atoms with Crippen LogP contribution in [0.3, 0.4) is 0 Å². The molecule has 4 heteroatoms. The monoisotopic (exact) mass is 274 g/mol. The first kappa shape index (κ1) is 13.6. The second-order valence-electron chi connectivity index (χ2n) is 4.42. The molecule has 2 rings (SSSR count). The third-order valence-corrected chi connectivity index (χ3v) is 2.98. The molecule has 1 aromatic heterocycles. The molecule has 0 radical (unpaired) electrons. The lowest BCUT2D eigenvalue weighted by atomic mass is 10.1. The zero-order valence-corrected chi connectivity index (χ0v) is 11.4. The summed E-state index contributed by atoms with van der Waals surface area (Å²) in [6, 6.07) is 13.0. The van der Waals surface area contributed by atoms with Crippen LogP contribution in [-0.2, 0) is 6.42 Å². The maximum Gasteiger partial charge on any atom is 0.270 e. The SMILES string of the molecule is CC(Cc1ccc(Cl)cc1)NC(=O)c1ccccn1. The number of hydrogen-bond donors (Lipinski definition) is 1. The van der Waals surface area contributed by atoms with Crippen LogP contribution in [0.4, 0.5) is 0 Å². The van der Waals surface area contributed by atoms with Crippen molar-refractivity contribution in [3.8, 4) is 0 Å². The van der Waals surface area contributed by atoms with Crippen molar-refractivity contribution >= 4 is 17.5 Å². The molecule has 98 valence electrons. The fourth-order valence-corrected chi connectivity index (χ4v) is 1.95. The number of aromatic nitrogens is 1. The van der Waals surface area contributed by atoms with Gasteiger partial charge in [-0.2, -0.15) is 0 Å². The van der Waals surface area contributed by atoms with Gasteiger partial charge in [0.05, 0.1) is 0 Å². The Kier molecular flexibility index (Phi) is 4.53. The molecule has 1 N–H and O–H groups in total. The molecule has 0 aliphatic rings. The van der Waals surface area contributed by atoms with Gasteiger partial charge in [-0.1, -0.05) is 29.8 Å².